The first-order chi connectivity index (χ1) is 17.4. The number of aliphatic hydroxyl groups is 1. The van der Waals surface area contributed by atoms with Gasteiger partial charge in [-0.1, -0.05) is 29.3 Å². The number of rotatable bonds is 6. The smallest absolute Gasteiger partial charge is 0.295 e. The molecule has 8 nitrogen and oxygen atoms in total. The molecule has 3 aliphatic rings. The molecule has 10 heteroatoms. The van der Waals surface area contributed by atoms with Gasteiger partial charge in [-0.3, -0.25) is 14.5 Å². The van der Waals surface area contributed by atoms with Gasteiger partial charge in [0.2, 0.25) is 0 Å². The summed E-state index contributed by atoms with van der Waals surface area (Å²) in [6.45, 7) is 4.92. The Bertz CT molecular complexity index is 1210. The third-order valence-electron chi connectivity index (χ3n) is 6.59. The van der Waals surface area contributed by atoms with Crippen LogP contribution >= 0.6 is 23.2 Å². The number of hydrogen-bond donors (Lipinski definition) is 1. The average Bonchev–Trinajstić information content (AvgIpc) is 3.13. The Morgan fingerprint density at radius 3 is 2.44 bits per heavy atom. The predicted octanol–water partition coefficient (Wildman–Crippen LogP) is 3.91. The van der Waals surface area contributed by atoms with E-state index in [4.69, 9.17) is 37.4 Å². The van der Waals surface area contributed by atoms with Crippen molar-refractivity contribution in [3.8, 4) is 11.5 Å². The van der Waals surface area contributed by atoms with E-state index in [0.29, 0.717) is 72.1 Å². The number of halogens is 2. The molecule has 36 heavy (non-hydrogen) atoms. The molecule has 1 amide bonds. The van der Waals surface area contributed by atoms with Crippen molar-refractivity contribution < 1.29 is 28.9 Å². The minimum atomic E-state index is -0.854. The van der Waals surface area contributed by atoms with E-state index < -0.39 is 17.7 Å². The lowest BCUT2D eigenvalue weighted by atomic mass is 9.95. The number of Topliss-reactive ketones (excluding diaryl/α,β-unsaturated/α-hetero) is 1. The van der Waals surface area contributed by atoms with E-state index in [1.807, 2.05) is 0 Å². The van der Waals surface area contributed by atoms with Crippen molar-refractivity contribution >= 4 is 40.7 Å². The first-order valence-corrected chi connectivity index (χ1v) is 12.6. The Labute approximate surface area is 218 Å². The van der Waals surface area contributed by atoms with Gasteiger partial charge in [-0.15, -0.1) is 0 Å². The number of amides is 1. The van der Waals surface area contributed by atoms with Gasteiger partial charge in [-0.2, -0.15) is 0 Å². The highest BCUT2D eigenvalue weighted by molar-refractivity contribution is 6.47. The van der Waals surface area contributed by atoms with Gasteiger partial charge in [0.15, 0.2) is 11.5 Å². The molecule has 0 saturated carbocycles. The number of hydrogen-bond acceptors (Lipinski definition) is 7. The summed E-state index contributed by atoms with van der Waals surface area (Å²) in [6.07, 6.45) is 0.652. The van der Waals surface area contributed by atoms with Crippen LogP contribution in [0.5, 0.6) is 11.5 Å². The van der Waals surface area contributed by atoms with Crippen molar-refractivity contribution in [2.45, 2.75) is 12.5 Å². The van der Waals surface area contributed by atoms with Crippen LogP contribution in [-0.4, -0.2) is 79.2 Å². The molecule has 0 radical (unpaired) electrons. The van der Waals surface area contributed by atoms with E-state index in [1.54, 1.807) is 36.4 Å². The quantitative estimate of drug-likeness (QED) is 0.342. The van der Waals surface area contributed by atoms with E-state index >= 15 is 0 Å². The number of likely N-dealkylation sites (tertiary alicyclic amines) is 1. The highest BCUT2D eigenvalue weighted by Gasteiger charge is 2.46. The monoisotopic (exact) mass is 532 g/mol. The summed E-state index contributed by atoms with van der Waals surface area (Å²) in [5, 5.41) is 12.1. The fourth-order valence-corrected chi connectivity index (χ4v) is 5.30. The molecule has 1 N–H and O–H groups in total. The van der Waals surface area contributed by atoms with Crippen LogP contribution in [-0.2, 0) is 14.3 Å². The lowest BCUT2D eigenvalue weighted by Crippen LogP contribution is -2.39. The maximum Gasteiger partial charge on any atom is 0.295 e. The van der Waals surface area contributed by atoms with Gasteiger partial charge in [0.05, 0.1) is 24.8 Å². The van der Waals surface area contributed by atoms with E-state index in [1.165, 1.54) is 4.90 Å². The first kappa shape index (κ1) is 24.9. The van der Waals surface area contributed by atoms with Crippen molar-refractivity contribution in [1.82, 2.24) is 9.80 Å². The molecule has 2 fully saturated rings. The zero-order valence-corrected chi connectivity index (χ0v) is 21.1. The van der Waals surface area contributed by atoms with Crippen molar-refractivity contribution in [1.29, 1.82) is 0 Å². The minimum Gasteiger partial charge on any atom is -0.507 e. The second kappa shape index (κ2) is 10.7. The maximum atomic E-state index is 13.3. The minimum absolute atomic E-state index is 0.0210. The largest absolute Gasteiger partial charge is 0.507 e. The van der Waals surface area contributed by atoms with Crippen LogP contribution in [0, 0.1) is 0 Å². The molecule has 0 bridgehead atoms. The molecule has 190 valence electrons. The third kappa shape index (κ3) is 4.91. The SMILES string of the molecule is O=C1C(=O)N(CCCN2CCOCC2)C(c2ccc(Cl)cc2Cl)/C1=C(\O)c1ccc2c(c1)OCCO2. The van der Waals surface area contributed by atoms with Gasteiger partial charge in [-0.25, -0.2) is 0 Å². The molecule has 1 unspecified atom stereocenters. The topological polar surface area (TPSA) is 88.5 Å². The van der Waals surface area contributed by atoms with Gasteiger partial charge in [-0.05, 0) is 42.3 Å². The van der Waals surface area contributed by atoms with Gasteiger partial charge in [0.1, 0.15) is 19.0 Å². The third-order valence-corrected chi connectivity index (χ3v) is 7.15. The van der Waals surface area contributed by atoms with Crippen LogP contribution in [0.25, 0.3) is 5.76 Å². The molecule has 1 atom stereocenters. The van der Waals surface area contributed by atoms with Gasteiger partial charge < -0.3 is 24.2 Å². The number of benzene rings is 2. The molecule has 0 aliphatic carbocycles. The van der Waals surface area contributed by atoms with Crippen LogP contribution in [0.4, 0.5) is 0 Å². The molecule has 2 aromatic rings. The molecule has 2 aromatic carbocycles. The Balaban J connectivity index is 1.51. The Hall–Kier alpha value is -2.78. The summed E-state index contributed by atoms with van der Waals surface area (Å²) in [5.41, 5.74) is 0.846. The molecule has 3 heterocycles. The predicted molar refractivity (Wildman–Crippen MR) is 135 cm³/mol. The molecule has 0 spiro atoms. The number of ether oxygens (including phenoxy) is 3. The highest BCUT2D eigenvalue weighted by atomic mass is 35.5. The zero-order chi connectivity index (χ0) is 25.2. The molecule has 5 rings (SSSR count). The molecule has 3 aliphatic heterocycles. The Morgan fingerprint density at radius 1 is 0.944 bits per heavy atom. The lowest BCUT2D eigenvalue weighted by molar-refractivity contribution is -0.140. The number of morpholine rings is 1. The van der Waals surface area contributed by atoms with Crippen LogP contribution in [0.2, 0.25) is 10.0 Å². The van der Waals surface area contributed by atoms with Crippen LogP contribution in [0.15, 0.2) is 42.0 Å². The summed E-state index contributed by atoms with van der Waals surface area (Å²) < 4.78 is 16.6. The van der Waals surface area contributed by atoms with Crippen LogP contribution < -0.4 is 9.47 Å². The number of nitrogens with zero attached hydrogens (tertiary/aromatic N) is 2. The lowest BCUT2D eigenvalue weighted by Gasteiger charge is -2.29. The van der Waals surface area contributed by atoms with Crippen LogP contribution in [0.3, 0.4) is 0 Å². The first-order valence-electron chi connectivity index (χ1n) is 11.9. The fraction of sp³-hybridized carbons (Fsp3) is 0.385. The van der Waals surface area contributed by atoms with E-state index in [0.717, 1.165) is 19.6 Å². The number of carbonyl (C=O) groups excluding carboxylic acids is 2. The molecule has 0 aromatic heterocycles. The number of fused-ring (bicyclic) bond motifs is 1. The number of ketones is 1. The summed E-state index contributed by atoms with van der Waals surface area (Å²) in [7, 11) is 0. The van der Waals surface area contributed by atoms with Gasteiger partial charge >= 0.3 is 0 Å². The van der Waals surface area contributed by atoms with Crippen molar-refractivity contribution in [2.75, 3.05) is 52.6 Å². The standard InChI is InChI=1S/C26H26Cl2N2O6/c27-17-3-4-18(19(28)15-17)23-22(24(31)16-2-5-20-21(14-16)36-13-12-35-20)25(32)26(33)30(23)7-1-6-29-8-10-34-11-9-29/h2-5,14-15,23,31H,1,6-13H2/b24-22+. The van der Waals surface area contributed by atoms with Gasteiger partial charge in [0, 0.05) is 41.8 Å². The summed E-state index contributed by atoms with van der Waals surface area (Å²) in [5.74, 6) is -0.710. The van der Waals surface area contributed by atoms with Crippen molar-refractivity contribution in [3.63, 3.8) is 0 Å². The van der Waals surface area contributed by atoms with E-state index in [2.05, 4.69) is 4.90 Å². The highest BCUT2D eigenvalue weighted by Crippen LogP contribution is 2.43. The molecule has 2 saturated heterocycles. The summed E-state index contributed by atoms with van der Waals surface area (Å²) in [4.78, 5) is 30.2. The summed E-state index contributed by atoms with van der Waals surface area (Å²) >= 11 is 12.7. The zero-order valence-electron chi connectivity index (χ0n) is 19.5. The van der Waals surface area contributed by atoms with Crippen molar-refractivity contribution in [3.05, 3.63) is 63.1 Å². The summed E-state index contributed by atoms with van der Waals surface area (Å²) in [6, 6.07) is 8.97. The average molecular weight is 533 g/mol. The van der Waals surface area contributed by atoms with Crippen LogP contribution in [0.1, 0.15) is 23.6 Å². The van der Waals surface area contributed by atoms with E-state index in [-0.39, 0.29) is 11.3 Å². The normalized spacial score (nSPS) is 21.7. The van der Waals surface area contributed by atoms with E-state index in [9.17, 15) is 14.7 Å². The molecular formula is C26H26Cl2N2O6. The fourth-order valence-electron chi connectivity index (χ4n) is 4.79. The maximum absolute atomic E-state index is 13.3. The second-order valence-electron chi connectivity index (χ2n) is 8.82. The Kier molecular flexibility index (Phi) is 7.39. The number of carbonyl (C=O) groups is 2. The Morgan fingerprint density at radius 2 is 1.69 bits per heavy atom. The molecular weight excluding hydrogens is 507 g/mol. The van der Waals surface area contributed by atoms with Gasteiger partial charge in [0.25, 0.3) is 11.7 Å². The second-order valence-corrected chi connectivity index (χ2v) is 9.67. The number of aliphatic hydroxyl groups excluding tert-OH is 1. The van der Waals surface area contributed by atoms with Crippen molar-refractivity contribution in [2.24, 2.45) is 0 Å².